The number of aliphatic carboxylic acids is 1. The Labute approximate surface area is 113 Å². The minimum absolute atomic E-state index is 0.402. The third-order valence-corrected chi connectivity index (χ3v) is 2.42. The molecule has 0 aliphatic rings. The molecule has 1 atom stereocenters. The van der Waals surface area contributed by atoms with Gasteiger partial charge in [0.15, 0.2) is 0 Å². The number of nitrogens with one attached hydrogen (secondary N) is 1. The Morgan fingerprint density at radius 1 is 1.16 bits per heavy atom. The zero-order valence-corrected chi connectivity index (χ0v) is 11.8. The second-order valence-electron chi connectivity index (χ2n) is 3.89. The molecule has 0 aliphatic carbocycles. The van der Waals surface area contributed by atoms with Crippen molar-refractivity contribution in [3.05, 3.63) is 0 Å². The first kappa shape index (κ1) is 17.7. The number of urea groups is 1. The normalized spacial score (nSPS) is 11.9. The Morgan fingerprint density at radius 3 is 2.00 bits per heavy atom. The summed E-state index contributed by atoms with van der Waals surface area (Å²) < 4.78 is 10.4. The van der Waals surface area contributed by atoms with Crippen LogP contribution >= 0.6 is 0 Å². The average molecular weight is 276 g/mol. The Kier molecular flexibility index (Phi) is 9.82. The summed E-state index contributed by atoms with van der Waals surface area (Å²) in [6.07, 6.45) is 0. The SMILES string of the molecule is CCOCCN(CCOCC)C(=O)N[C@@H](C)C(=O)O. The highest BCUT2D eigenvalue weighted by atomic mass is 16.5. The van der Waals surface area contributed by atoms with Crippen LogP contribution in [0.25, 0.3) is 0 Å². The molecule has 112 valence electrons. The van der Waals surface area contributed by atoms with Crippen molar-refractivity contribution in [1.29, 1.82) is 0 Å². The van der Waals surface area contributed by atoms with Crippen LogP contribution in [0.1, 0.15) is 20.8 Å². The van der Waals surface area contributed by atoms with Crippen molar-refractivity contribution >= 4 is 12.0 Å². The zero-order chi connectivity index (χ0) is 14.7. The van der Waals surface area contributed by atoms with Crippen molar-refractivity contribution < 1.29 is 24.2 Å². The van der Waals surface area contributed by atoms with Gasteiger partial charge in [0.25, 0.3) is 0 Å². The Hall–Kier alpha value is -1.34. The second kappa shape index (κ2) is 10.6. The summed E-state index contributed by atoms with van der Waals surface area (Å²) in [5.41, 5.74) is 0. The molecular weight excluding hydrogens is 252 g/mol. The first-order chi connectivity index (χ1) is 9.02. The molecule has 0 aromatic heterocycles. The minimum atomic E-state index is -1.07. The summed E-state index contributed by atoms with van der Waals surface area (Å²) in [4.78, 5) is 24.1. The van der Waals surface area contributed by atoms with Crippen LogP contribution in [0.15, 0.2) is 0 Å². The minimum Gasteiger partial charge on any atom is -0.480 e. The quantitative estimate of drug-likeness (QED) is 0.569. The van der Waals surface area contributed by atoms with Crippen LogP contribution in [-0.2, 0) is 14.3 Å². The van der Waals surface area contributed by atoms with Crippen molar-refractivity contribution in [1.82, 2.24) is 10.2 Å². The van der Waals surface area contributed by atoms with Gasteiger partial charge in [0, 0.05) is 26.3 Å². The van der Waals surface area contributed by atoms with E-state index in [2.05, 4.69) is 5.32 Å². The van der Waals surface area contributed by atoms with E-state index < -0.39 is 18.0 Å². The largest absolute Gasteiger partial charge is 0.480 e. The number of ether oxygens (including phenoxy) is 2. The van der Waals surface area contributed by atoms with Crippen molar-refractivity contribution in [2.45, 2.75) is 26.8 Å². The maximum absolute atomic E-state index is 11.9. The fourth-order valence-electron chi connectivity index (χ4n) is 1.29. The number of hydrogen-bond donors (Lipinski definition) is 2. The Bertz CT molecular complexity index is 263. The summed E-state index contributed by atoms with van der Waals surface area (Å²) in [6, 6.07) is -1.34. The number of hydrogen-bond acceptors (Lipinski definition) is 4. The first-order valence-electron chi connectivity index (χ1n) is 6.46. The fraction of sp³-hybridized carbons (Fsp3) is 0.833. The van der Waals surface area contributed by atoms with Gasteiger partial charge in [0.05, 0.1) is 13.2 Å². The molecule has 0 heterocycles. The van der Waals surface area contributed by atoms with Gasteiger partial charge >= 0.3 is 12.0 Å². The lowest BCUT2D eigenvalue weighted by Gasteiger charge is -2.24. The molecule has 0 saturated heterocycles. The average Bonchev–Trinajstić information content (AvgIpc) is 2.37. The molecule has 0 aromatic rings. The molecule has 2 amide bonds. The summed E-state index contributed by atoms with van der Waals surface area (Å²) >= 11 is 0. The molecule has 19 heavy (non-hydrogen) atoms. The van der Waals surface area contributed by atoms with E-state index in [0.29, 0.717) is 39.5 Å². The summed E-state index contributed by atoms with van der Waals surface area (Å²) in [5.74, 6) is -1.07. The molecule has 0 aliphatic heterocycles. The molecule has 0 rings (SSSR count). The third kappa shape index (κ3) is 8.39. The van der Waals surface area contributed by atoms with Crippen molar-refractivity contribution in [2.24, 2.45) is 0 Å². The fourth-order valence-corrected chi connectivity index (χ4v) is 1.29. The van der Waals surface area contributed by atoms with Crippen LogP contribution in [0.3, 0.4) is 0 Å². The van der Waals surface area contributed by atoms with E-state index in [0.717, 1.165) is 0 Å². The third-order valence-electron chi connectivity index (χ3n) is 2.42. The molecule has 0 spiro atoms. The molecule has 0 bridgehead atoms. The van der Waals surface area contributed by atoms with Crippen LogP contribution in [0.4, 0.5) is 4.79 Å². The van der Waals surface area contributed by atoms with Crippen molar-refractivity contribution in [2.75, 3.05) is 39.5 Å². The summed E-state index contributed by atoms with van der Waals surface area (Å²) in [6.45, 7) is 7.95. The molecule has 0 fully saturated rings. The van der Waals surface area contributed by atoms with Crippen molar-refractivity contribution in [3.8, 4) is 0 Å². The van der Waals surface area contributed by atoms with Gasteiger partial charge in [0.2, 0.25) is 0 Å². The van der Waals surface area contributed by atoms with E-state index in [1.807, 2.05) is 13.8 Å². The van der Waals surface area contributed by atoms with E-state index in [-0.39, 0.29) is 0 Å². The molecule has 0 aromatic carbocycles. The van der Waals surface area contributed by atoms with Gasteiger partial charge < -0.3 is 24.8 Å². The molecule has 7 heteroatoms. The standard InChI is InChI=1S/C12H24N2O5/c1-4-18-8-6-14(7-9-19-5-2)12(17)13-10(3)11(15)16/h10H,4-9H2,1-3H3,(H,13,17)(H,15,16)/t10-/m0/s1. The maximum Gasteiger partial charge on any atom is 0.325 e. The number of carbonyl (C=O) groups excluding carboxylic acids is 1. The lowest BCUT2D eigenvalue weighted by atomic mass is 10.3. The van der Waals surface area contributed by atoms with Crippen LogP contribution in [0.2, 0.25) is 0 Å². The number of carboxylic acid groups (broad SMARTS) is 1. The van der Waals surface area contributed by atoms with Gasteiger partial charge in [-0.15, -0.1) is 0 Å². The number of amides is 2. The van der Waals surface area contributed by atoms with Crippen LogP contribution in [0.5, 0.6) is 0 Å². The topological polar surface area (TPSA) is 88.1 Å². The highest BCUT2D eigenvalue weighted by Gasteiger charge is 2.18. The predicted octanol–water partition coefficient (Wildman–Crippen LogP) is 0.544. The van der Waals surface area contributed by atoms with E-state index in [9.17, 15) is 9.59 Å². The zero-order valence-electron chi connectivity index (χ0n) is 11.8. The molecule has 0 radical (unpaired) electrons. The van der Waals surface area contributed by atoms with Crippen LogP contribution in [0, 0.1) is 0 Å². The van der Waals surface area contributed by atoms with Gasteiger partial charge in [-0.1, -0.05) is 0 Å². The number of rotatable bonds is 10. The number of carbonyl (C=O) groups is 2. The lowest BCUT2D eigenvalue weighted by Crippen LogP contribution is -2.48. The monoisotopic (exact) mass is 276 g/mol. The Morgan fingerprint density at radius 2 is 1.63 bits per heavy atom. The smallest absolute Gasteiger partial charge is 0.325 e. The van der Waals surface area contributed by atoms with Gasteiger partial charge in [-0.3, -0.25) is 4.79 Å². The highest BCUT2D eigenvalue weighted by molar-refractivity contribution is 5.82. The lowest BCUT2D eigenvalue weighted by molar-refractivity contribution is -0.138. The number of carboxylic acids is 1. The van der Waals surface area contributed by atoms with E-state index in [1.165, 1.54) is 11.8 Å². The maximum atomic E-state index is 11.9. The van der Waals surface area contributed by atoms with Gasteiger partial charge in [-0.2, -0.15) is 0 Å². The second-order valence-corrected chi connectivity index (χ2v) is 3.89. The van der Waals surface area contributed by atoms with Gasteiger partial charge in [-0.05, 0) is 20.8 Å². The van der Waals surface area contributed by atoms with Gasteiger partial charge in [0.1, 0.15) is 6.04 Å². The van der Waals surface area contributed by atoms with Crippen molar-refractivity contribution in [3.63, 3.8) is 0 Å². The number of nitrogens with zero attached hydrogens (tertiary/aromatic N) is 1. The molecular formula is C12H24N2O5. The molecule has 7 nitrogen and oxygen atoms in total. The highest BCUT2D eigenvalue weighted by Crippen LogP contribution is 1.94. The Balaban J connectivity index is 4.26. The van der Waals surface area contributed by atoms with E-state index >= 15 is 0 Å². The van der Waals surface area contributed by atoms with E-state index in [4.69, 9.17) is 14.6 Å². The molecule has 0 saturated carbocycles. The van der Waals surface area contributed by atoms with E-state index in [1.54, 1.807) is 0 Å². The first-order valence-corrected chi connectivity index (χ1v) is 6.46. The summed E-state index contributed by atoms with van der Waals surface area (Å²) in [5, 5.41) is 11.2. The molecule has 0 unspecified atom stereocenters. The summed E-state index contributed by atoms with van der Waals surface area (Å²) in [7, 11) is 0. The predicted molar refractivity (Wildman–Crippen MR) is 70.2 cm³/mol. The van der Waals surface area contributed by atoms with Gasteiger partial charge in [-0.25, -0.2) is 4.79 Å². The van der Waals surface area contributed by atoms with Crippen LogP contribution < -0.4 is 5.32 Å². The van der Waals surface area contributed by atoms with Crippen LogP contribution in [-0.4, -0.2) is 67.6 Å². The molecule has 2 N–H and O–H groups in total.